The van der Waals surface area contributed by atoms with Gasteiger partial charge < -0.3 is 9.64 Å². The number of carbonyl (C=O) groups is 3. The van der Waals surface area contributed by atoms with Crippen molar-refractivity contribution in [3.8, 4) is 0 Å². The number of ketones is 1. The Morgan fingerprint density at radius 2 is 1.96 bits per heavy atom. The molecule has 0 radical (unpaired) electrons. The highest BCUT2D eigenvalue weighted by atomic mass is 32.2. The van der Waals surface area contributed by atoms with Crippen LogP contribution in [0.15, 0.2) is 53.4 Å². The van der Waals surface area contributed by atoms with Crippen LogP contribution in [-0.4, -0.2) is 37.1 Å². The van der Waals surface area contributed by atoms with E-state index in [1.165, 1.54) is 11.8 Å². The van der Waals surface area contributed by atoms with Gasteiger partial charge in [-0.05, 0) is 36.9 Å². The van der Waals surface area contributed by atoms with Crippen molar-refractivity contribution in [1.29, 1.82) is 0 Å². The number of carbonyl (C=O) groups excluding carboxylic acids is 3. The van der Waals surface area contributed by atoms with Gasteiger partial charge in [-0.2, -0.15) is 0 Å². The molecule has 0 bridgehead atoms. The molecule has 0 spiro atoms. The first-order chi connectivity index (χ1) is 12.6. The smallest absolute Gasteiger partial charge is 0.339 e. The van der Waals surface area contributed by atoms with E-state index in [0.29, 0.717) is 29.8 Å². The topological polar surface area (TPSA) is 63.7 Å². The predicted molar refractivity (Wildman–Crippen MR) is 101 cm³/mol. The molecule has 1 aliphatic rings. The number of amides is 1. The zero-order chi connectivity index (χ0) is 18.5. The van der Waals surface area contributed by atoms with Gasteiger partial charge in [-0.15, -0.1) is 11.8 Å². The summed E-state index contributed by atoms with van der Waals surface area (Å²) in [5.41, 5.74) is 1.58. The van der Waals surface area contributed by atoms with Gasteiger partial charge in [-0.1, -0.05) is 24.3 Å². The lowest BCUT2D eigenvalue weighted by atomic mass is 10.1. The number of benzene rings is 2. The van der Waals surface area contributed by atoms with Crippen molar-refractivity contribution in [2.24, 2.45) is 0 Å². The Bertz CT molecular complexity index is 849. The van der Waals surface area contributed by atoms with E-state index < -0.39 is 5.97 Å². The molecule has 0 aliphatic carbocycles. The van der Waals surface area contributed by atoms with Crippen molar-refractivity contribution in [3.63, 3.8) is 0 Å². The first kappa shape index (κ1) is 18.2. The van der Waals surface area contributed by atoms with Gasteiger partial charge in [0.15, 0.2) is 12.4 Å². The van der Waals surface area contributed by atoms with Crippen molar-refractivity contribution < 1.29 is 19.1 Å². The third-order valence-corrected chi connectivity index (χ3v) is 5.01. The molecule has 1 heterocycles. The summed E-state index contributed by atoms with van der Waals surface area (Å²) in [5.74, 6) is -0.752. The standard InChI is InChI=1S/C20H19NO4S/c1-26-18-9-3-2-8-16(18)20(24)25-13-17(22)14-6-4-7-15(12-14)21-11-5-10-19(21)23/h2-4,6-9,12H,5,10-11,13H2,1H3. The average molecular weight is 369 g/mol. The van der Waals surface area contributed by atoms with E-state index in [-0.39, 0.29) is 18.3 Å². The summed E-state index contributed by atoms with van der Waals surface area (Å²) in [7, 11) is 0. The monoisotopic (exact) mass is 369 g/mol. The molecule has 0 N–H and O–H groups in total. The minimum absolute atomic E-state index is 0.0645. The Morgan fingerprint density at radius 1 is 1.15 bits per heavy atom. The third-order valence-electron chi connectivity index (χ3n) is 4.21. The van der Waals surface area contributed by atoms with E-state index in [1.807, 2.05) is 18.4 Å². The number of rotatable bonds is 6. The Labute approximate surface area is 156 Å². The molecule has 6 heteroatoms. The van der Waals surface area contributed by atoms with Gasteiger partial charge in [0, 0.05) is 29.1 Å². The largest absolute Gasteiger partial charge is 0.454 e. The molecular formula is C20H19NO4S. The molecular weight excluding hydrogens is 350 g/mol. The van der Waals surface area contributed by atoms with E-state index in [0.717, 1.165) is 11.3 Å². The van der Waals surface area contributed by atoms with Gasteiger partial charge in [0.1, 0.15) is 0 Å². The van der Waals surface area contributed by atoms with Crippen molar-refractivity contribution in [2.45, 2.75) is 17.7 Å². The zero-order valence-corrected chi connectivity index (χ0v) is 15.3. The number of Topliss-reactive ketones (excluding diaryl/α,β-unsaturated/α-hetero) is 1. The SMILES string of the molecule is CSc1ccccc1C(=O)OCC(=O)c1cccc(N2CCCC2=O)c1. The first-order valence-electron chi connectivity index (χ1n) is 8.34. The summed E-state index contributed by atoms with van der Waals surface area (Å²) in [6.07, 6.45) is 3.23. The lowest BCUT2D eigenvalue weighted by molar-refractivity contribution is -0.117. The summed E-state index contributed by atoms with van der Waals surface area (Å²) in [5, 5.41) is 0. The second-order valence-corrected chi connectivity index (χ2v) is 6.75. The molecule has 3 rings (SSSR count). The van der Waals surface area contributed by atoms with Gasteiger partial charge in [0.25, 0.3) is 0 Å². The maximum atomic E-state index is 12.4. The van der Waals surface area contributed by atoms with Crippen LogP contribution in [0.5, 0.6) is 0 Å². The Hall–Kier alpha value is -2.60. The number of thioether (sulfide) groups is 1. The van der Waals surface area contributed by atoms with Gasteiger partial charge in [-0.3, -0.25) is 9.59 Å². The fourth-order valence-corrected chi connectivity index (χ4v) is 3.46. The van der Waals surface area contributed by atoms with E-state index in [4.69, 9.17) is 4.74 Å². The molecule has 0 aromatic heterocycles. The number of nitrogens with zero attached hydrogens (tertiary/aromatic N) is 1. The molecule has 0 saturated carbocycles. The third kappa shape index (κ3) is 3.96. The Balaban J connectivity index is 1.67. The van der Waals surface area contributed by atoms with Crippen molar-refractivity contribution in [3.05, 3.63) is 59.7 Å². The van der Waals surface area contributed by atoms with E-state index in [9.17, 15) is 14.4 Å². The van der Waals surface area contributed by atoms with Gasteiger partial charge in [-0.25, -0.2) is 4.79 Å². The molecule has 26 heavy (non-hydrogen) atoms. The van der Waals surface area contributed by atoms with Crippen LogP contribution in [0, 0.1) is 0 Å². The molecule has 2 aromatic carbocycles. The second-order valence-electron chi connectivity index (χ2n) is 5.90. The van der Waals surface area contributed by atoms with Crippen LogP contribution < -0.4 is 4.90 Å². The molecule has 0 unspecified atom stereocenters. The summed E-state index contributed by atoms with van der Waals surface area (Å²) in [6.45, 7) is 0.329. The van der Waals surface area contributed by atoms with Crippen molar-refractivity contribution in [2.75, 3.05) is 24.3 Å². The van der Waals surface area contributed by atoms with Crippen LogP contribution in [0.25, 0.3) is 0 Å². The maximum absolute atomic E-state index is 12.4. The van der Waals surface area contributed by atoms with Gasteiger partial charge in [0.05, 0.1) is 5.56 Å². The quantitative estimate of drug-likeness (QED) is 0.442. The van der Waals surface area contributed by atoms with E-state index >= 15 is 0 Å². The van der Waals surface area contributed by atoms with E-state index in [2.05, 4.69) is 0 Å². The van der Waals surface area contributed by atoms with Crippen LogP contribution in [-0.2, 0) is 9.53 Å². The number of ether oxygens (including phenoxy) is 1. The number of anilines is 1. The number of esters is 1. The highest BCUT2D eigenvalue weighted by molar-refractivity contribution is 7.98. The van der Waals surface area contributed by atoms with Crippen LogP contribution in [0.1, 0.15) is 33.6 Å². The average Bonchev–Trinajstić information content (AvgIpc) is 3.11. The predicted octanol–water partition coefficient (Wildman–Crippen LogP) is 3.58. The fraction of sp³-hybridized carbons (Fsp3) is 0.250. The number of hydrogen-bond acceptors (Lipinski definition) is 5. The van der Waals surface area contributed by atoms with Gasteiger partial charge >= 0.3 is 5.97 Å². The molecule has 0 atom stereocenters. The highest BCUT2D eigenvalue weighted by Crippen LogP contribution is 2.23. The fourth-order valence-electron chi connectivity index (χ4n) is 2.87. The molecule has 5 nitrogen and oxygen atoms in total. The van der Waals surface area contributed by atoms with Crippen LogP contribution in [0.3, 0.4) is 0 Å². The van der Waals surface area contributed by atoms with Crippen LogP contribution >= 0.6 is 11.8 Å². The molecule has 1 saturated heterocycles. The molecule has 2 aromatic rings. The molecule has 134 valence electrons. The summed E-state index contributed by atoms with van der Waals surface area (Å²) in [6, 6.07) is 14.0. The number of hydrogen-bond donors (Lipinski definition) is 0. The second kappa shape index (κ2) is 8.19. The normalized spacial score (nSPS) is 13.7. The van der Waals surface area contributed by atoms with Crippen molar-refractivity contribution in [1.82, 2.24) is 0 Å². The first-order valence-corrected chi connectivity index (χ1v) is 9.56. The van der Waals surface area contributed by atoms with Crippen molar-refractivity contribution >= 4 is 35.1 Å². The zero-order valence-electron chi connectivity index (χ0n) is 14.4. The Kier molecular flexibility index (Phi) is 5.73. The van der Waals surface area contributed by atoms with E-state index in [1.54, 1.807) is 41.3 Å². The molecule has 1 amide bonds. The lowest BCUT2D eigenvalue weighted by Gasteiger charge is -2.16. The highest BCUT2D eigenvalue weighted by Gasteiger charge is 2.22. The lowest BCUT2D eigenvalue weighted by Crippen LogP contribution is -2.24. The summed E-state index contributed by atoms with van der Waals surface area (Å²) in [4.78, 5) is 39.0. The Morgan fingerprint density at radius 3 is 2.69 bits per heavy atom. The van der Waals surface area contributed by atoms with Crippen LogP contribution in [0.2, 0.25) is 0 Å². The maximum Gasteiger partial charge on any atom is 0.339 e. The summed E-state index contributed by atoms with van der Waals surface area (Å²) >= 11 is 1.45. The minimum atomic E-state index is -0.519. The van der Waals surface area contributed by atoms with Gasteiger partial charge in [0.2, 0.25) is 5.91 Å². The molecule has 1 fully saturated rings. The summed E-state index contributed by atoms with van der Waals surface area (Å²) < 4.78 is 5.19. The minimum Gasteiger partial charge on any atom is -0.454 e. The molecule has 1 aliphatic heterocycles. The van der Waals surface area contributed by atoms with Crippen LogP contribution in [0.4, 0.5) is 5.69 Å².